The molecule has 110 valence electrons. The molecule has 0 atom stereocenters. The highest BCUT2D eigenvalue weighted by molar-refractivity contribution is 5.34. The van der Waals surface area contributed by atoms with Gasteiger partial charge in [0.15, 0.2) is 0 Å². The van der Waals surface area contributed by atoms with Crippen LogP contribution in [0.1, 0.15) is 18.1 Å². The molecule has 21 heavy (non-hydrogen) atoms. The van der Waals surface area contributed by atoms with Crippen LogP contribution in [0.25, 0.3) is 0 Å². The molecule has 0 bridgehead atoms. The van der Waals surface area contributed by atoms with Crippen LogP contribution in [0.15, 0.2) is 48.5 Å². The minimum Gasteiger partial charge on any atom is -0.489 e. The highest BCUT2D eigenvalue weighted by Crippen LogP contribution is 2.17. The lowest BCUT2D eigenvalue weighted by molar-refractivity contribution is -0.384. The molecule has 0 unspecified atom stereocenters. The van der Waals surface area contributed by atoms with Gasteiger partial charge in [-0.1, -0.05) is 31.2 Å². The molecule has 0 aliphatic carbocycles. The van der Waals surface area contributed by atoms with Gasteiger partial charge in [-0.2, -0.15) is 0 Å². The standard InChI is InChI=1S/C16H18N2O3/c1-2-17-11-13-5-4-8-16(10-13)21-12-14-6-3-7-15(9-14)18(19)20/h3-10,17H,2,11-12H2,1H3. The van der Waals surface area contributed by atoms with Gasteiger partial charge in [-0.05, 0) is 29.8 Å². The van der Waals surface area contributed by atoms with Crippen molar-refractivity contribution < 1.29 is 9.66 Å². The first-order valence-corrected chi connectivity index (χ1v) is 6.85. The fourth-order valence-corrected chi connectivity index (χ4v) is 1.94. The van der Waals surface area contributed by atoms with Crippen LogP contribution in [-0.4, -0.2) is 11.5 Å². The molecule has 0 fully saturated rings. The largest absolute Gasteiger partial charge is 0.489 e. The molecule has 0 radical (unpaired) electrons. The summed E-state index contributed by atoms with van der Waals surface area (Å²) in [6, 6.07) is 14.3. The number of hydrogen-bond acceptors (Lipinski definition) is 4. The molecule has 2 aromatic rings. The molecule has 5 nitrogen and oxygen atoms in total. The van der Waals surface area contributed by atoms with Crippen molar-refractivity contribution in [2.75, 3.05) is 6.54 Å². The zero-order chi connectivity index (χ0) is 15.1. The fraction of sp³-hybridized carbons (Fsp3) is 0.250. The minimum absolute atomic E-state index is 0.0806. The minimum atomic E-state index is -0.402. The third-order valence-electron chi connectivity index (χ3n) is 3.00. The number of nitrogens with zero attached hydrogens (tertiary/aromatic N) is 1. The van der Waals surface area contributed by atoms with Gasteiger partial charge < -0.3 is 10.1 Å². The van der Waals surface area contributed by atoms with Crippen LogP contribution in [0.3, 0.4) is 0 Å². The van der Waals surface area contributed by atoms with Crippen molar-refractivity contribution in [1.29, 1.82) is 0 Å². The van der Waals surface area contributed by atoms with Crippen molar-refractivity contribution in [2.24, 2.45) is 0 Å². The molecular formula is C16H18N2O3. The van der Waals surface area contributed by atoms with Crippen LogP contribution in [0.2, 0.25) is 0 Å². The average molecular weight is 286 g/mol. The van der Waals surface area contributed by atoms with Crippen molar-refractivity contribution in [1.82, 2.24) is 5.32 Å². The summed E-state index contributed by atoms with van der Waals surface area (Å²) in [5.41, 5.74) is 2.01. The number of rotatable bonds is 7. The van der Waals surface area contributed by atoms with Gasteiger partial charge in [0.2, 0.25) is 0 Å². The first-order valence-electron chi connectivity index (χ1n) is 6.85. The van der Waals surface area contributed by atoms with Gasteiger partial charge in [0, 0.05) is 18.7 Å². The molecular weight excluding hydrogens is 268 g/mol. The van der Waals surface area contributed by atoms with Gasteiger partial charge >= 0.3 is 0 Å². The molecule has 0 spiro atoms. The van der Waals surface area contributed by atoms with Crippen LogP contribution >= 0.6 is 0 Å². The molecule has 0 saturated carbocycles. The Morgan fingerprint density at radius 2 is 1.90 bits per heavy atom. The zero-order valence-electron chi connectivity index (χ0n) is 11.9. The van der Waals surface area contributed by atoms with Crippen molar-refractivity contribution in [3.05, 3.63) is 69.8 Å². The van der Waals surface area contributed by atoms with Gasteiger partial charge in [-0.25, -0.2) is 0 Å². The Bertz CT molecular complexity index is 614. The predicted molar refractivity (Wildman–Crippen MR) is 81.3 cm³/mol. The molecule has 2 rings (SSSR count). The molecule has 0 aromatic heterocycles. The number of nitro groups is 1. The zero-order valence-corrected chi connectivity index (χ0v) is 11.9. The highest BCUT2D eigenvalue weighted by Gasteiger charge is 2.06. The maximum absolute atomic E-state index is 10.7. The third kappa shape index (κ3) is 4.57. The fourth-order valence-electron chi connectivity index (χ4n) is 1.94. The monoisotopic (exact) mass is 286 g/mol. The Kier molecular flexibility index (Phi) is 5.29. The van der Waals surface area contributed by atoms with Gasteiger partial charge in [-0.15, -0.1) is 0 Å². The summed E-state index contributed by atoms with van der Waals surface area (Å²) in [6.07, 6.45) is 0. The maximum Gasteiger partial charge on any atom is 0.269 e. The van der Waals surface area contributed by atoms with E-state index in [-0.39, 0.29) is 5.69 Å². The Morgan fingerprint density at radius 3 is 2.67 bits per heavy atom. The van der Waals surface area contributed by atoms with Crippen molar-refractivity contribution in [3.63, 3.8) is 0 Å². The molecule has 0 aliphatic heterocycles. The Balaban J connectivity index is 1.99. The second-order valence-corrected chi connectivity index (χ2v) is 4.64. The lowest BCUT2D eigenvalue weighted by Gasteiger charge is -2.08. The van der Waals surface area contributed by atoms with E-state index in [0.717, 1.165) is 30.0 Å². The third-order valence-corrected chi connectivity index (χ3v) is 3.00. The van der Waals surface area contributed by atoms with Gasteiger partial charge in [0.05, 0.1) is 4.92 Å². The summed E-state index contributed by atoms with van der Waals surface area (Å²) in [4.78, 5) is 10.3. The summed E-state index contributed by atoms with van der Waals surface area (Å²) in [7, 11) is 0. The Labute approximate surface area is 123 Å². The van der Waals surface area contributed by atoms with E-state index < -0.39 is 4.92 Å². The number of non-ortho nitro benzene ring substituents is 1. The topological polar surface area (TPSA) is 64.4 Å². The van der Waals surface area contributed by atoms with Crippen LogP contribution < -0.4 is 10.1 Å². The predicted octanol–water partition coefficient (Wildman–Crippen LogP) is 3.28. The van der Waals surface area contributed by atoms with E-state index in [0.29, 0.717) is 6.61 Å². The van der Waals surface area contributed by atoms with Crippen LogP contribution in [-0.2, 0) is 13.2 Å². The lowest BCUT2D eigenvalue weighted by atomic mass is 10.2. The summed E-state index contributed by atoms with van der Waals surface area (Å²) in [5.74, 6) is 0.761. The van der Waals surface area contributed by atoms with Crippen molar-refractivity contribution in [3.8, 4) is 5.75 Å². The van der Waals surface area contributed by atoms with Gasteiger partial charge in [0.1, 0.15) is 12.4 Å². The quantitative estimate of drug-likeness (QED) is 0.626. The van der Waals surface area contributed by atoms with E-state index in [1.54, 1.807) is 6.07 Å². The van der Waals surface area contributed by atoms with Crippen molar-refractivity contribution in [2.45, 2.75) is 20.1 Å². The van der Waals surface area contributed by atoms with Crippen LogP contribution in [0.4, 0.5) is 5.69 Å². The van der Waals surface area contributed by atoms with E-state index in [1.807, 2.05) is 30.3 Å². The second kappa shape index (κ2) is 7.40. The first kappa shape index (κ1) is 15.0. The molecule has 0 heterocycles. The van der Waals surface area contributed by atoms with E-state index in [1.165, 1.54) is 12.1 Å². The first-order chi connectivity index (χ1) is 10.2. The molecule has 5 heteroatoms. The average Bonchev–Trinajstić information content (AvgIpc) is 2.51. The molecule has 0 aliphatic rings. The summed E-state index contributed by atoms with van der Waals surface area (Å²) >= 11 is 0. The van der Waals surface area contributed by atoms with Crippen molar-refractivity contribution >= 4 is 5.69 Å². The molecule has 2 aromatic carbocycles. The second-order valence-electron chi connectivity index (χ2n) is 4.64. The number of hydrogen-bond donors (Lipinski definition) is 1. The molecule has 0 saturated heterocycles. The van der Waals surface area contributed by atoms with E-state index in [4.69, 9.17) is 4.74 Å². The molecule has 0 amide bonds. The number of nitro benzene ring substituents is 1. The summed E-state index contributed by atoms with van der Waals surface area (Å²) in [5, 5.41) is 14.0. The number of nitrogens with one attached hydrogen (secondary N) is 1. The smallest absolute Gasteiger partial charge is 0.269 e. The van der Waals surface area contributed by atoms with E-state index in [2.05, 4.69) is 12.2 Å². The van der Waals surface area contributed by atoms with E-state index >= 15 is 0 Å². The summed E-state index contributed by atoms with van der Waals surface area (Å²) < 4.78 is 5.70. The number of benzene rings is 2. The number of ether oxygens (including phenoxy) is 1. The lowest BCUT2D eigenvalue weighted by Crippen LogP contribution is -2.11. The van der Waals surface area contributed by atoms with E-state index in [9.17, 15) is 10.1 Å². The normalized spacial score (nSPS) is 10.3. The highest BCUT2D eigenvalue weighted by atomic mass is 16.6. The summed E-state index contributed by atoms with van der Waals surface area (Å²) in [6.45, 7) is 4.08. The maximum atomic E-state index is 10.7. The van der Waals surface area contributed by atoms with Gasteiger partial charge in [-0.3, -0.25) is 10.1 Å². The van der Waals surface area contributed by atoms with Crippen LogP contribution in [0, 0.1) is 10.1 Å². The SMILES string of the molecule is CCNCc1cccc(OCc2cccc([N+](=O)[O-])c2)c1. The van der Waals surface area contributed by atoms with Crippen LogP contribution in [0.5, 0.6) is 5.75 Å². The Hall–Kier alpha value is -2.40. The molecule has 1 N–H and O–H groups in total. The Morgan fingerprint density at radius 1 is 1.14 bits per heavy atom. The van der Waals surface area contributed by atoms with Gasteiger partial charge in [0.25, 0.3) is 5.69 Å².